The lowest BCUT2D eigenvalue weighted by Crippen LogP contribution is -2.57. The van der Waals surface area contributed by atoms with E-state index in [4.69, 9.17) is 9.72 Å². The lowest BCUT2D eigenvalue weighted by molar-refractivity contribution is -0.126. The number of carbonyl (C=O) groups excluding carboxylic acids is 1. The van der Waals surface area contributed by atoms with E-state index in [0.717, 1.165) is 76.4 Å². The van der Waals surface area contributed by atoms with Gasteiger partial charge in [0.15, 0.2) is 5.13 Å². The van der Waals surface area contributed by atoms with E-state index in [1.54, 1.807) is 13.4 Å². The fraction of sp³-hybridized carbons (Fsp3) is 0.367. The summed E-state index contributed by atoms with van der Waals surface area (Å²) in [7, 11) is 3.89. The second-order valence-corrected chi connectivity index (χ2v) is 11.6. The van der Waals surface area contributed by atoms with Crippen LogP contribution in [0.4, 0.5) is 9.93 Å². The third-order valence-corrected chi connectivity index (χ3v) is 8.80. The van der Waals surface area contributed by atoms with Crippen molar-refractivity contribution in [3.63, 3.8) is 0 Å². The Bertz CT molecular complexity index is 1580. The highest BCUT2D eigenvalue weighted by molar-refractivity contribution is 7.19. The summed E-state index contributed by atoms with van der Waals surface area (Å²) in [4.78, 5) is 36.4. The molecule has 2 aliphatic heterocycles. The van der Waals surface area contributed by atoms with Crippen LogP contribution in [0.2, 0.25) is 0 Å². The number of piperidine rings is 1. The number of fused-ring (bicyclic) bond motifs is 1. The van der Waals surface area contributed by atoms with Gasteiger partial charge in [-0.3, -0.25) is 10.3 Å². The molecular weight excluding hydrogens is 522 g/mol. The number of benzene rings is 2. The van der Waals surface area contributed by atoms with Crippen molar-refractivity contribution in [3.05, 3.63) is 60.0 Å². The molecule has 2 fully saturated rings. The molecule has 10 heteroatoms. The van der Waals surface area contributed by atoms with E-state index in [1.807, 2.05) is 42.3 Å². The van der Waals surface area contributed by atoms with Crippen LogP contribution in [0.15, 0.2) is 53.8 Å². The first kappa shape index (κ1) is 26.5. The van der Waals surface area contributed by atoms with Gasteiger partial charge in [-0.15, -0.1) is 0 Å². The number of anilines is 1. The van der Waals surface area contributed by atoms with Crippen molar-refractivity contribution in [2.75, 3.05) is 52.2 Å². The highest BCUT2D eigenvalue weighted by Gasteiger charge is 2.39. The number of hydrogen-bond acceptors (Lipinski definition) is 8. The highest BCUT2D eigenvalue weighted by Crippen LogP contribution is 2.40. The fourth-order valence-corrected chi connectivity index (χ4v) is 6.61. The van der Waals surface area contributed by atoms with Gasteiger partial charge in [0.1, 0.15) is 6.33 Å². The van der Waals surface area contributed by atoms with Gasteiger partial charge in [0.2, 0.25) is 0 Å². The Hall–Kier alpha value is -3.73. The summed E-state index contributed by atoms with van der Waals surface area (Å²) in [5, 5.41) is 4.66. The fourth-order valence-electron chi connectivity index (χ4n) is 5.63. The summed E-state index contributed by atoms with van der Waals surface area (Å²) >= 11 is 1.48. The Morgan fingerprint density at radius 2 is 1.98 bits per heavy atom. The zero-order chi connectivity index (χ0) is 27.7. The normalized spacial score (nSPS) is 17.6. The molecule has 0 bridgehead atoms. The number of hydrogen-bond donors (Lipinski definition) is 1. The van der Waals surface area contributed by atoms with E-state index in [1.165, 1.54) is 11.3 Å². The molecule has 206 valence electrons. The van der Waals surface area contributed by atoms with Crippen LogP contribution >= 0.6 is 11.3 Å². The largest absolute Gasteiger partial charge is 0.372 e. The number of amides is 2. The number of aromatic nitrogens is 3. The van der Waals surface area contributed by atoms with Gasteiger partial charge in [-0.25, -0.2) is 19.7 Å². The summed E-state index contributed by atoms with van der Waals surface area (Å²) in [5.74, 6) is 0. The van der Waals surface area contributed by atoms with Crippen LogP contribution in [-0.2, 0) is 4.74 Å². The maximum Gasteiger partial charge on any atom is 0.323 e. The Morgan fingerprint density at radius 1 is 1.12 bits per heavy atom. The van der Waals surface area contributed by atoms with Crippen LogP contribution in [0.1, 0.15) is 24.1 Å². The average Bonchev–Trinajstić information content (AvgIpc) is 3.37. The van der Waals surface area contributed by atoms with E-state index in [2.05, 4.69) is 50.4 Å². The number of urea groups is 1. The number of ether oxygens (including phenoxy) is 1. The van der Waals surface area contributed by atoms with E-state index in [-0.39, 0.29) is 11.6 Å². The second kappa shape index (κ2) is 11.0. The average molecular weight is 556 g/mol. The van der Waals surface area contributed by atoms with Crippen LogP contribution in [0, 0.1) is 6.92 Å². The minimum Gasteiger partial charge on any atom is -0.372 e. The van der Waals surface area contributed by atoms with E-state index in [0.29, 0.717) is 18.2 Å². The molecule has 40 heavy (non-hydrogen) atoms. The standard InChI is InChI=1S/C30H33N7O2S/c1-20-24-16-23(7-8-25(24)33-19-32-20)27-26(22-6-4-5-21(15-22)17-31-2)34-28(40-27)35-29(38)37-11-9-30(10-12-37)18-36(3)13-14-39-30/h4-8,15-17,19H,9-14,18H2,1-3H3,(H,34,35,38)/b31-17-. The maximum absolute atomic E-state index is 13.4. The van der Waals surface area contributed by atoms with Gasteiger partial charge >= 0.3 is 6.03 Å². The topological polar surface area (TPSA) is 95.8 Å². The van der Waals surface area contributed by atoms with Crippen molar-refractivity contribution in [2.24, 2.45) is 4.99 Å². The minimum absolute atomic E-state index is 0.125. The summed E-state index contributed by atoms with van der Waals surface area (Å²) in [5.41, 5.74) is 5.45. The Labute approximate surface area is 237 Å². The molecule has 2 aromatic carbocycles. The Balaban J connectivity index is 1.30. The van der Waals surface area contributed by atoms with Crippen LogP contribution in [-0.4, -0.2) is 89.5 Å². The molecule has 1 spiro atoms. The van der Waals surface area contributed by atoms with Crippen molar-refractivity contribution in [1.29, 1.82) is 0 Å². The number of nitrogens with zero attached hydrogens (tertiary/aromatic N) is 6. The van der Waals surface area contributed by atoms with Gasteiger partial charge in [-0.2, -0.15) is 0 Å². The summed E-state index contributed by atoms with van der Waals surface area (Å²) in [6.45, 7) is 5.93. The Morgan fingerprint density at radius 3 is 2.77 bits per heavy atom. The third-order valence-electron chi connectivity index (χ3n) is 7.78. The molecule has 1 N–H and O–H groups in total. The molecule has 4 aromatic rings. The maximum atomic E-state index is 13.4. The molecule has 2 aromatic heterocycles. The quantitative estimate of drug-likeness (QED) is 0.352. The first-order valence-electron chi connectivity index (χ1n) is 13.6. The molecule has 9 nitrogen and oxygen atoms in total. The molecule has 2 saturated heterocycles. The van der Waals surface area contributed by atoms with Crippen molar-refractivity contribution in [3.8, 4) is 21.7 Å². The molecule has 0 radical (unpaired) electrons. The molecule has 2 amide bonds. The summed E-state index contributed by atoms with van der Waals surface area (Å²) in [6.07, 6.45) is 5.09. The number of thiazole rings is 1. The minimum atomic E-state index is -0.143. The SMILES string of the molecule is C/N=C\c1cccc(-c2nc(NC(=O)N3CCC4(CC3)CN(C)CCO4)sc2-c2ccc3ncnc(C)c3c2)c1. The molecule has 6 rings (SSSR count). The first-order valence-corrected chi connectivity index (χ1v) is 14.4. The molecule has 0 atom stereocenters. The van der Waals surface area contributed by atoms with Crippen molar-refractivity contribution < 1.29 is 9.53 Å². The van der Waals surface area contributed by atoms with Crippen LogP contribution < -0.4 is 5.32 Å². The van der Waals surface area contributed by atoms with Gasteiger partial charge < -0.3 is 14.5 Å². The number of aryl methyl sites for hydroxylation is 1. The highest BCUT2D eigenvalue weighted by atomic mass is 32.1. The Kier molecular flexibility index (Phi) is 7.31. The predicted molar refractivity (Wildman–Crippen MR) is 160 cm³/mol. The number of morpholine rings is 1. The number of carbonyl (C=O) groups is 1. The molecule has 4 heterocycles. The zero-order valence-corrected chi connectivity index (χ0v) is 23.9. The second-order valence-electron chi connectivity index (χ2n) is 10.6. The van der Waals surface area contributed by atoms with E-state index < -0.39 is 0 Å². The molecule has 0 unspecified atom stereocenters. The number of aliphatic imine (C=N–C) groups is 1. The van der Waals surface area contributed by atoms with Crippen molar-refractivity contribution in [2.45, 2.75) is 25.4 Å². The molecular formula is C30H33N7O2S. The number of nitrogens with one attached hydrogen (secondary N) is 1. The summed E-state index contributed by atoms with van der Waals surface area (Å²) in [6, 6.07) is 14.2. The van der Waals surface area contributed by atoms with Gasteiger partial charge in [-0.05, 0) is 56.1 Å². The summed E-state index contributed by atoms with van der Waals surface area (Å²) < 4.78 is 6.18. The lowest BCUT2D eigenvalue weighted by atomic mass is 9.89. The molecule has 0 saturated carbocycles. The van der Waals surface area contributed by atoms with Crippen LogP contribution in [0.5, 0.6) is 0 Å². The smallest absolute Gasteiger partial charge is 0.323 e. The van der Waals surface area contributed by atoms with Gasteiger partial charge in [0.05, 0.1) is 28.3 Å². The predicted octanol–water partition coefficient (Wildman–Crippen LogP) is 5.11. The van der Waals surface area contributed by atoms with E-state index >= 15 is 0 Å². The van der Waals surface area contributed by atoms with Gasteiger partial charge in [0, 0.05) is 56.1 Å². The first-order chi connectivity index (χ1) is 19.4. The van der Waals surface area contributed by atoms with Crippen LogP contribution in [0.25, 0.3) is 32.6 Å². The number of rotatable bonds is 4. The van der Waals surface area contributed by atoms with Crippen molar-refractivity contribution in [1.82, 2.24) is 24.8 Å². The lowest BCUT2D eigenvalue weighted by Gasteiger charge is -2.46. The van der Waals surface area contributed by atoms with Gasteiger partial charge in [0.25, 0.3) is 0 Å². The van der Waals surface area contributed by atoms with Crippen molar-refractivity contribution >= 4 is 39.6 Å². The van der Waals surface area contributed by atoms with E-state index in [9.17, 15) is 4.79 Å². The van der Waals surface area contributed by atoms with Gasteiger partial charge in [-0.1, -0.05) is 35.6 Å². The number of likely N-dealkylation sites (N-methyl/N-ethyl adjacent to an activating group) is 1. The van der Waals surface area contributed by atoms with Crippen LogP contribution in [0.3, 0.4) is 0 Å². The number of likely N-dealkylation sites (tertiary alicyclic amines) is 1. The molecule has 0 aliphatic carbocycles. The monoisotopic (exact) mass is 555 g/mol. The zero-order valence-electron chi connectivity index (χ0n) is 23.1. The third kappa shape index (κ3) is 5.34. The molecule has 2 aliphatic rings.